The summed E-state index contributed by atoms with van der Waals surface area (Å²) in [6.07, 6.45) is 1.60. The predicted molar refractivity (Wildman–Crippen MR) is 98.8 cm³/mol. The van der Waals surface area contributed by atoms with Crippen LogP contribution in [0.15, 0.2) is 28.3 Å². The van der Waals surface area contributed by atoms with Gasteiger partial charge in [0.05, 0.1) is 24.3 Å². The van der Waals surface area contributed by atoms with Crippen LogP contribution in [-0.4, -0.2) is 46.0 Å². The van der Waals surface area contributed by atoms with Gasteiger partial charge in [0.2, 0.25) is 5.91 Å². The van der Waals surface area contributed by atoms with Crippen LogP contribution in [0.25, 0.3) is 11.0 Å². The molecule has 1 N–H and O–H groups in total. The highest BCUT2D eigenvalue weighted by Gasteiger charge is 2.15. The van der Waals surface area contributed by atoms with Crippen molar-refractivity contribution in [3.63, 3.8) is 0 Å². The Morgan fingerprint density at radius 3 is 2.84 bits per heavy atom. The summed E-state index contributed by atoms with van der Waals surface area (Å²) in [5.74, 6) is 0.464. The monoisotopic (exact) mass is 364 g/mol. The normalized spacial score (nSPS) is 12.5. The van der Waals surface area contributed by atoms with E-state index in [0.29, 0.717) is 35.3 Å². The van der Waals surface area contributed by atoms with Crippen LogP contribution in [0.2, 0.25) is 0 Å². The van der Waals surface area contributed by atoms with E-state index in [1.54, 1.807) is 25.4 Å². The fourth-order valence-corrected chi connectivity index (χ4v) is 2.94. The molecule has 136 valence electrons. The Kier molecular flexibility index (Phi) is 6.95. The lowest BCUT2D eigenvalue weighted by atomic mass is 10.1. The molecule has 0 unspecified atom stereocenters. The van der Waals surface area contributed by atoms with Crippen LogP contribution in [0.3, 0.4) is 0 Å². The summed E-state index contributed by atoms with van der Waals surface area (Å²) >= 11 is 1.23. The maximum atomic E-state index is 12.7. The number of hydrogen-bond acceptors (Lipinski definition) is 6. The minimum atomic E-state index is -0.173. The Labute approximate surface area is 151 Å². The molecule has 0 spiro atoms. The molecular formula is C17H24N4O3S. The van der Waals surface area contributed by atoms with E-state index in [2.05, 4.69) is 29.1 Å². The maximum absolute atomic E-state index is 12.7. The molecule has 2 aromatic rings. The summed E-state index contributed by atoms with van der Waals surface area (Å²) in [6, 6.07) is 3.50. The molecule has 0 aliphatic heterocycles. The van der Waals surface area contributed by atoms with Gasteiger partial charge in [0.1, 0.15) is 0 Å². The number of ether oxygens (including phenoxy) is 1. The van der Waals surface area contributed by atoms with Crippen molar-refractivity contribution in [2.45, 2.75) is 38.5 Å². The lowest BCUT2D eigenvalue weighted by Gasteiger charge is -2.17. The van der Waals surface area contributed by atoms with E-state index in [4.69, 9.17) is 4.74 Å². The van der Waals surface area contributed by atoms with Gasteiger partial charge >= 0.3 is 0 Å². The van der Waals surface area contributed by atoms with Gasteiger partial charge in [-0.2, -0.15) is 0 Å². The van der Waals surface area contributed by atoms with E-state index in [1.165, 1.54) is 16.3 Å². The van der Waals surface area contributed by atoms with Gasteiger partial charge in [-0.1, -0.05) is 25.6 Å². The SMILES string of the molecule is COCCn1c(SCC(=O)N[C@H](C)C(C)C)nc2ncccc2c1=O. The molecule has 0 radical (unpaired) electrons. The number of pyridine rings is 1. The van der Waals surface area contributed by atoms with Crippen molar-refractivity contribution >= 4 is 28.7 Å². The third-order valence-electron chi connectivity index (χ3n) is 3.93. The van der Waals surface area contributed by atoms with Crippen molar-refractivity contribution in [3.05, 3.63) is 28.7 Å². The molecule has 25 heavy (non-hydrogen) atoms. The lowest BCUT2D eigenvalue weighted by molar-refractivity contribution is -0.119. The lowest BCUT2D eigenvalue weighted by Crippen LogP contribution is -2.37. The highest BCUT2D eigenvalue weighted by molar-refractivity contribution is 7.99. The van der Waals surface area contributed by atoms with E-state index in [1.807, 2.05) is 6.92 Å². The van der Waals surface area contributed by atoms with Crippen LogP contribution in [-0.2, 0) is 16.1 Å². The number of carbonyl (C=O) groups is 1. The molecule has 8 heteroatoms. The third-order valence-corrected chi connectivity index (χ3v) is 4.91. The topological polar surface area (TPSA) is 86.1 Å². The second-order valence-electron chi connectivity index (χ2n) is 6.11. The summed E-state index contributed by atoms with van der Waals surface area (Å²) in [6.45, 7) is 6.84. The standard InChI is InChI=1S/C17H24N4O3S/c1-11(2)12(3)19-14(22)10-25-17-20-15-13(6-5-7-18-15)16(23)21(17)8-9-24-4/h5-7,11-12H,8-10H2,1-4H3,(H,19,22)/t12-/m1/s1. The Hall–Kier alpha value is -1.93. The highest BCUT2D eigenvalue weighted by atomic mass is 32.2. The number of methoxy groups -OCH3 is 1. The molecule has 0 bridgehead atoms. The van der Waals surface area contributed by atoms with Crippen molar-refractivity contribution in [2.24, 2.45) is 5.92 Å². The molecule has 0 saturated carbocycles. The minimum Gasteiger partial charge on any atom is -0.383 e. The Bertz CT molecular complexity index is 791. The van der Waals surface area contributed by atoms with E-state index in [-0.39, 0.29) is 23.3 Å². The van der Waals surface area contributed by atoms with Crippen molar-refractivity contribution in [2.75, 3.05) is 19.5 Å². The molecular weight excluding hydrogens is 340 g/mol. The number of hydrogen-bond donors (Lipinski definition) is 1. The van der Waals surface area contributed by atoms with E-state index >= 15 is 0 Å². The second-order valence-corrected chi connectivity index (χ2v) is 7.05. The molecule has 2 heterocycles. The number of thioether (sulfide) groups is 1. The van der Waals surface area contributed by atoms with Crippen molar-refractivity contribution < 1.29 is 9.53 Å². The van der Waals surface area contributed by atoms with Crippen LogP contribution in [0.4, 0.5) is 0 Å². The van der Waals surface area contributed by atoms with Gasteiger partial charge in [-0.25, -0.2) is 9.97 Å². The summed E-state index contributed by atoms with van der Waals surface area (Å²) < 4.78 is 6.62. The molecule has 0 saturated heterocycles. The number of amides is 1. The molecule has 0 aliphatic rings. The molecule has 0 fully saturated rings. The first-order valence-electron chi connectivity index (χ1n) is 8.20. The summed E-state index contributed by atoms with van der Waals surface area (Å²) in [5, 5.41) is 3.88. The average Bonchev–Trinajstić information content (AvgIpc) is 2.59. The molecule has 7 nitrogen and oxygen atoms in total. The minimum absolute atomic E-state index is 0.0835. The zero-order chi connectivity index (χ0) is 18.4. The molecule has 0 aliphatic carbocycles. The first-order chi connectivity index (χ1) is 11.9. The van der Waals surface area contributed by atoms with Gasteiger partial charge < -0.3 is 10.1 Å². The summed E-state index contributed by atoms with van der Waals surface area (Å²) in [7, 11) is 1.58. The fraction of sp³-hybridized carbons (Fsp3) is 0.529. The van der Waals surface area contributed by atoms with E-state index in [9.17, 15) is 9.59 Å². The first kappa shape index (κ1) is 19.4. The molecule has 0 aromatic carbocycles. The van der Waals surface area contributed by atoms with Crippen LogP contribution in [0.1, 0.15) is 20.8 Å². The van der Waals surface area contributed by atoms with Crippen LogP contribution in [0.5, 0.6) is 0 Å². The molecule has 2 rings (SSSR count). The number of aromatic nitrogens is 3. The van der Waals surface area contributed by atoms with Crippen LogP contribution >= 0.6 is 11.8 Å². The summed E-state index contributed by atoms with van der Waals surface area (Å²) in [5.41, 5.74) is 0.216. The number of nitrogens with zero attached hydrogens (tertiary/aromatic N) is 3. The number of fused-ring (bicyclic) bond motifs is 1. The Balaban J connectivity index is 2.23. The van der Waals surface area contributed by atoms with E-state index in [0.717, 1.165) is 0 Å². The van der Waals surface area contributed by atoms with Gasteiger partial charge in [0.15, 0.2) is 10.8 Å². The largest absolute Gasteiger partial charge is 0.383 e. The summed E-state index contributed by atoms with van der Waals surface area (Å²) in [4.78, 5) is 33.4. The number of carbonyl (C=O) groups excluding carboxylic acids is 1. The maximum Gasteiger partial charge on any atom is 0.263 e. The second kappa shape index (κ2) is 8.96. The number of rotatable bonds is 8. The van der Waals surface area contributed by atoms with Crippen LogP contribution in [0, 0.1) is 5.92 Å². The fourth-order valence-electron chi connectivity index (χ4n) is 2.12. The Morgan fingerprint density at radius 1 is 1.40 bits per heavy atom. The first-order valence-corrected chi connectivity index (χ1v) is 9.19. The predicted octanol–water partition coefficient (Wildman–Crippen LogP) is 1.69. The van der Waals surface area contributed by atoms with Gasteiger partial charge in [0, 0.05) is 19.3 Å². The third kappa shape index (κ3) is 5.02. The molecule has 1 amide bonds. The average molecular weight is 364 g/mol. The van der Waals surface area contributed by atoms with Crippen molar-refractivity contribution in [1.29, 1.82) is 0 Å². The zero-order valence-electron chi connectivity index (χ0n) is 15.0. The van der Waals surface area contributed by atoms with Crippen molar-refractivity contribution in [1.82, 2.24) is 19.9 Å². The van der Waals surface area contributed by atoms with Crippen molar-refractivity contribution in [3.8, 4) is 0 Å². The van der Waals surface area contributed by atoms with Crippen LogP contribution < -0.4 is 10.9 Å². The van der Waals surface area contributed by atoms with Gasteiger partial charge in [-0.3, -0.25) is 14.2 Å². The Morgan fingerprint density at radius 2 is 2.16 bits per heavy atom. The molecule has 1 atom stereocenters. The quantitative estimate of drug-likeness (QED) is 0.567. The van der Waals surface area contributed by atoms with E-state index < -0.39 is 0 Å². The van der Waals surface area contributed by atoms with Gasteiger partial charge in [0.25, 0.3) is 5.56 Å². The van der Waals surface area contributed by atoms with Gasteiger partial charge in [-0.15, -0.1) is 0 Å². The van der Waals surface area contributed by atoms with Gasteiger partial charge in [-0.05, 0) is 25.0 Å². The zero-order valence-corrected chi connectivity index (χ0v) is 15.8. The smallest absolute Gasteiger partial charge is 0.263 e. The molecule has 2 aromatic heterocycles. The highest BCUT2D eigenvalue weighted by Crippen LogP contribution is 2.17. The number of nitrogens with one attached hydrogen (secondary N) is 1.